The number of pyridine rings is 1. The third kappa shape index (κ3) is 0.940. The van der Waals surface area contributed by atoms with Crippen LogP contribution in [0.25, 0.3) is 5.65 Å². The largest absolute Gasteiger partial charge is 0.366 e. The van der Waals surface area contributed by atoms with Crippen molar-refractivity contribution in [2.45, 2.75) is 0 Å². The number of anilines is 1. The summed E-state index contributed by atoms with van der Waals surface area (Å²) in [7, 11) is 5.50. The van der Waals surface area contributed by atoms with Gasteiger partial charge >= 0.3 is 0 Å². The topological polar surface area (TPSA) is 56.2 Å². The highest BCUT2D eigenvalue weighted by molar-refractivity contribution is 6.32. The second-order valence-electron chi connectivity index (χ2n) is 2.24. The monoisotopic (exact) mass is 144 g/mol. The highest BCUT2D eigenvalue weighted by Gasteiger charge is 1.96. The molecule has 0 unspecified atom stereocenters. The zero-order valence-corrected chi connectivity index (χ0v) is 5.73. The SMILES string of the molecule is [B]c1ccc2nc(N)nn2c1. The van der Waals surface area contributed by atoms with Crippen molar-refractivity contribution >= 4 is 24.9 Å². The average molecular weight is 144 g/mol. The number of nitrogens with zero attached hydrogens (tertiary/aromatic N) is 3. The van der Waals surface area contributed by atoms with Gasteiger partial charge in [0.15, 0.2) is 5.65 Å². The van der Waals surface area contributed by atoms with Crippen LogP contribution in [-0.4, -0.2) is 22.4 Å². The van der Waals surface area contributed by atoms with E-state index in [1.54, 1.807) is 22.8 Å². The van der Waals surface area contributed by atoms with Gasteiger partial charge in [0.25, 0.3) is 0 Å². The Bertz CT molecular complexity index is 394. The number of nitrogens with two attached hydrogens (primary N) is 1. The predicted octanol–water partition coefficient (Wildman–Crippen LogP) is -0.895. The van der Waals surface area contributed by atoms with Gasteiger partial charge in [-0.3, -0.25) is 0 Å². The Hall–Kier alpha value is -1.52. The van der Waals surface area contributed by atoms with Crippen LogP contribution in [0.15, 0.2) is 18.3 Å². The summed E-state index contributed by atoms with van der Waals surface area (Å²) in [4.78, 5) is 3.93. The van der Waals surface area contributed by atoms with Gasteiger partial charge < -0.3 is 5.73 Å². The lowest BCUT2D eigenvalue weighted by Gasteiger charge is -1.91. The third-order valence-electron chi connectivity index (χ3n) is 1.37. The minimum absolute atomic E-state index is 0.260. The van der Waals surface area contributed by atoms with Gasteiger partial charge in [0, 0.05) is 6.20 Å². The summed E-state index contributed by atoms with van der Waals surface area (Å²) in [6.45, 7) is 0. The zero-order chi connectivity index (χ0) is 7.84. The fraction of sp³-hybridized carbons (Fsp3) is 0. The van der Waals surface area contributed by atoms with E-state index in [9.17, 15) is 0 Å². The van der Waals surface area contributed by atoms with Gasteiger partial charge in [-0.15, -0.1) is 5.10 Å². The van der Waals surface area contributed by atoms with Crippen molar-refractivity contribution in [1.82, 2.24) is 14.6 Å². The summed E-state index contributed by atoms with van der Waals surface area (Å²) in [6, 6.07) is 3.52. The molecule has 5 heteroatoms. The number of rotatable bonds is 0. The zero-order valence-electron chi connectivity index (χ0n) is 5.73. The molecule has 2 heterocycles. The molecule has 0 bridgehead atoms. The minimum Gasteiger partial charge on any atom is -0.366 e. The van der Waals surface area contributed by atoms with Crippen molar-refractivity contribution in [3.05, 3.63) is 18.3 Å². The molecular formula is C6H5BN4. The Morgan fingerprint density at radius 1 is 1.45 bits per heavy atom. The van der Waals surface area contributed by atoms with E-state index >= 15 is 0 Å². The molecule has 0 fully saturated rings. The molecule has 0 aliphatic heterocycles. The van der Waals surface area contributed by atoms with E-state index in [0.717, 1.165) is 0 Å². The summed E-state index contributed by atoms with van der Waals surface area (Å²) in [5.41, 5.74) is 6.70. The van der Waals surface area contributed by atoms with Crippen LogP contribution in [0.5, 0.6) is 0 Å². The van der Waals surface area contributed by atoms with Crippen LogP contribution >= 0.6 is 0 Å². The van der Waals surface area contributed by atoms with E-state index in [1.807, 2.05) is 0 Å². The van der Waals surface area contributed by atoms with E-state index in [-0.39, 0.29) is 5.95 Å². The third-order valence-corrected chi connectivity index (χ3v) is 1.37. The minimum atomic E-state index is 0.260. The first-order valence-corrected chi connectivity index (χ1v) is 3.13. The Labute approximate surface area is 64.4 Å². The number of fused-ring (bicyclic) bond motifs is 1. The Morgan fingerprint density at radius 2 is 2.27 bits per heavy atom. The predicted molar refractivity (Wildman–Crippen MR) is 42.8 cm³/mol. The smallest absolute Gasteiger partial charge is 0.240 e. The van der Waals surface area contributed by atoms with Crippen LogP contribution in [0, 0.1) is 0 Å². The maximum absolute atomic E-state index is 5.50. The summed E-state index contributed by atoms with van der Waals surface area (Å²) in [6.07, 6.45) is 1.67. The van der Waals surface area contributed by atoms with E-state index in [4.69, 9.17) is 13.6 Å². The van der Waals surface area contributed by atoms with Crippen LogP contribution < -0.4 is 11.2 Å². The maximum Gasteiger partial charge on any atom is 0.240 e. The molecule has 0 amide bonds. The first kappa shape index (κ1) is 6.21. The lowest BCUT2D eigenvalue weighted by atomic mass is 9.99. The Balaban J connectivity index is 2.82. The molecule has 2 aromatic heterocycles. The standard InChI is InChI=1S/C6H5BN4/c7-4-1-2-5-9-6(8)10-11(5)3-4/h1-3H,(H2,8,10). The maximum atomic E-state index is 5.50. The molecule has 2 aromatic rings. The molecule has 52 valence electrons. The Morgan fingerprint density at radius 3 is 3.09 bits per heavy atom. The summed E-state index contributed by atoms with van der Waals surface area (Å²) in [5.74, 6) is 0.260. The van der Waals surface area contributed by atoms with Crippen LogP contribution in [0.4, 0.5) is 5.95 Å². The van der Waals surface area contributed by atoms with Crippen molar-refractivity contribution < 1.29 is 0 Å². The second-order valence-corrected chi connectivity index (χ2v) is 2.24. The van der Waals surface area contributed by atoms with Crippen molar-refractivity contribution in [2.75, 3.05) is 5.73 Å². The highest BCUT2D eigenvalue weighted by Crippen LogP contribution is 1.98. The van der Waals surface area contributed by atoms with E-state index in [2.05, 4.69) is 10.1 Å². The quantitative estimate of drug-likeness (QED) is 0.487. The summed E-state index contributed by atoms with van der Waals surface area (Å²) >= 11 is 0. The molecule has 0 saturated carbocycles. The van der Waals surface area contributed by atoms with Gasteiger partial charge in [0.2, 0.25) is 5.95 Å². The summed E-state index contributed by atoms with van der Waals surface area (Å²) in [5, 5.41) is 3.88. The summed E-state index contributed by atoms with van der Waals surface area (Å²) < 4.78 is 1.55. The molecule has 11 heavy (non-hydrogen) atoms. The number of nitrogen functional groups attached to an aromatic ring is 1. The molecule has 0 aromatic carbocycles. The lowest BCUT2D eigenvalue weighted by molar-refractivity contribution is 0.973. The van der Waals surface area contributed by atoms with Crippen LogP contribution in [0.2, 0.25) is 0 Å². The van der Waals surface area contributed by atoms with Crippen LogP contribution in [0.1, 0.15) is 0 Å². The first-order chi connectivity index (χ1) is 5.25. The van der Waals surface area contributed by atoms with Crippen molar-refractivity contribution in [1.29, 1.82) is 0 Å². The van der Waals surface area contributed by atoms with E-state index in [1.165, 1.54) is 0 Å². The molecule has 2 N–H and O–H groups in total. The van der Waals surface area contributed by atoms with Gasteiger partial charge in [0.1, 0.15) is 7.85 Å². The van der Waals surface area contributed by atoms with Crippen molar-refractivity contribution in [3.63, 3.8) is 0 Å². The number of hydrogen-bond donors (Lipinski definition) is 1. The van der Waals surface area contributed by atoms with Gasteiger partial charge in [0.05, 0.1) is 0 Å². The van der Waals surface area contributed by atoms with Crippen molar-refractivity contribution in [3.8, 4) is 0 Å². The lowest BCUT2D eigenvalue weighted by Crippen LogP contribution is -2.04. The molecule has 4 nitrogen and oxygen atoms in total. The Kier molecular flexibility index (Phi) is 1.12. The highest BCUT2D eigenvalue weighted by atomic mass is 15.3. The molecule has 0 saturated heterocycles. The molecule has 2 rings (SSSR count). The molecule has 0 aliphatic rings. The molecule has 0 spiro atoms. The van der Waals surface area contributed by atoms with Gasteiger partial charge in [-0.25, -0.2) is 4.52 Å². The van der Waals surface area contributed by atoms with Crippen LogP contribution in [-0.2, 0) is 0 Å². The fourth-order valence-electron chi connectivity index (χ4n) is 0.916. The number of hydrogen-bond acceptors (Lipinski definition) is 3. The molecular weight excluding hydrogens is 139 g/mol. The second kappa shape index (κ2) is 1.98. The molecule has 2 radical (unpaired) electrons. The van der Waals surface area contributed by atoms with Crippen LogP contribution in [0.3, 0.4) is 0 Å². The van der Waals surface area contributed by atoms with Gasteiger partial charge in [-0.2, -0.15) is 4.98 Å². The average Bonchev–Trinajstić information content (AvgIpc) is 2.27. The van der Waals surface area contributed by atoms with E-state index < -0.39 is 0 Å². The van der Waals surface area contributed by atoms with Gasteiger partial charge in [-0.05, 0) is 6.07 Å². The molecule has 0 aliphatic carbocycles. The van der Waals surface area contributed by atoms with E-state index in [0.29, 0.717) is 11.1 Å². The molecule has 0 atom stereocenters. The normalized spacial score (nSPS) is 10.5. The number of aromatic nitrogens is 3. The van der Waals surface area contributed by atoms with Crippen molar-refractivity contribution in [2.24, 2.45) is 0 Å². The fourth-order valence-corrected chi connectivity index (χ4v) is 0.916. The van der Waals surface area contributed by atoms with Gasteiger partial charge in [-0.1, -0.05) is 11.5 Å². The first-order valence-electron chi connectivity index (χ1n) is 3.13.